The van der Waals surface area contributed by atoms with Crippen molar-refractivity contribution in [3.63, 3.8) is 0 Å². The van der Waals surface area contributed by atoms with Crippen molar-refractivity contribution in [1.82, 2.24) is 25.4 Å². The van der Waals surface area contributed by atoms with E-state index in [1.165, 1.54) is 0 Å². The molecule has 0 saturated heterocycles. The summed E-state index contributed by atoms with van der Waals surface area (Å²) in [5.74, 6) is 2.65. The molecule has 0 aliphatic carbocycles. The highest BCUT2D eigenvalue weighted by atomic mass is 127. The Morgan fingerprint density at radius 2 is 2.23 bits per heavy atom. The second kappa shape index (κ2) is 12.4. The Balaban J connectivity index is 0.00000338. The minimum Gasteiger partial charge on any atom is -0.379 e. The van der Waals surface area contributed by atoms with Crippen molar-refractivity contribution in [2.75, 3.05) is 26.8 Å². The predicted molar refractivity (Wildman–Crippen MR) is 113 cm³/mol. The molecule has 0 amide bonds. The number of ether oxygens (including phenoxy) is 2. The lowest BCUT2D eigenvalue weighted by Crippen LogP contribution is -2.47. The van der Waals surface area contributed by atoms with E-state index in [0.29, 0.717) is 12.6 Å². The number of hydrogen-bond donors (Lipinski definition) is 2. The quantitative estimate of drug-likeness (QED) is 0.243. The summed E-state index contributed by atoms with van der Waals surface area (Å²) in [5, 5.41) is 11.3. The van der Waals surface area contributed by atoms with Gasteiger partial charge in [-0.15, -0.1) is 24.0 Å². The van der Waals surface area contributed by atoms with Crippen LogP contribution in [0.25, 0.3) is 0 Å². The topological polar surface area (TPSA) is 85.6 Å². The van der Waals surface area contributed by atoms with Crippen LogP contribution in [0.1, 0.15) is 45.3 Å². The smallest absolute Gasteiger partial charge is 0.191 e. The van der Waals surface area contributed by atoms with E-state index in [-0.39, 0.29) is 30.1 Å². The molecule has 2 rings (SSSR count). The first kappa shape index (κ1) is 23.1. The van der Waals surface area contributed by atoms with E-state index in [0.717, 1.165) is 63.1 Å². The van der Waals surface area contributed by atoms with Gasteiger partial charge in [0.25, 0.3) is 0 Å². The van der Waals surface area contributed by atoms with Crippen LogP contribution in [0.4, 0.5) is 0 Å². The van der Waals surface area contributed by atoms with Crippen LogP contribution in [0.5, 0.6) is 0 Å². The molecule has 1 atom stereocenters. The molecular formula is C17H33IN6O2. The van der Waals surface area contributed by atoms with Crippen LogP contribution >= 0.6 is 24.0 Å². The lowest BCUT2D eigenvalue weighted by molar-refractivity contribution is 0.0782. The van der Waals surface area contributed by atoms with Crippen molar-refractivity contribution in [1.29, 1.82) is 0 Å². The van der Waals surface area contributed by atoms with Crippen molar-refractivity contribution in [3.8, 4) is 0 Å². The summed E-state index contributed by atoms with van der Waals surface area (Å²) in [7, 11) is 1.66. The van der Waals surface area contributed by atoms with Gasteiger partial charge in [-0.3, -0.25) is 4.99 Å². The van der Waals surface area contributed by atoms with Crippen LogP contribution < -0.4 is 10.6 Å². The highest BCUT2D eigenvalue weighted by molar-refractivity contribution is 14.0. The van der Waals surface area contributed by atoms with Gasteiger partial charge in [0.2, 0.25) is 0 Å². The zero-order chi connectivity index (χ0) is 18.1. The number of hydrogen-bond acceptors (Lipinski definition) is 5. The molecule has 1 aromatic rings. The molecule has 150 valence electrons. The van der Waals surface area contributed by atoms with Gasteiger partial charge < -0.3 is 20.1 Å². The fraction of sp³-hybridized carbons (Fsp3) is 0.824. The molecule has 2 heterocycles. The molecule has 1 aliphatic rings. The van der Waals surface area contributed by atoms with Crippen molar-refractivity contribution in [2.45, 2.75) is 65.3 Å². The van der Waals surface area contributed by atoms with Crippen LogP contribution in [0.3, 0.4) is 0 Å². The molecule has 2 N–H and O–H groups in total. The average molecular weight is 480 g/mol. The summed E-state index contributed by atoms with van der Waals surface area (Å²) in [5.41, 5.74) is 0. The molecule has 0 bridgehead atoms. The molecular weight excluding hydrogens is 447 g/mol. The molecule has 0 radical (unpaired) electrons. The van der Waals surface area contributed by atoms with Gasteiger partial charge >= 0.3 is 0 Å². The molecule has 1 aromatic heterocycles. The second-order valence-corrected chi connectivity index (χ2v) is 6.47. The van der Waals surface area contributed by atoms with Gasteiger partial charge in [0, 0.05) is 39.3 Å². The van der Waals surface area contributed by atoms with Gasteiger partial charge in [0.05, 0.1) is 12.6 Å². The van der Waals surface area contributed by atoms with Gasteiger partial charge in [-0.2, -0.15) is 5.10 Å². The number of nitrogens with one attached hydrogen (secondary N) is 2. The summed E-state index contributed by atoms with van der Waals surface area (Å²) in [6.07, 6.45) is 3.13. The van der Waals surface area contributed by atoms with Crippen LogP contribution in [0.15, 0.2) is 4.99 Å². The van der Waals surface area contributed by atoms with E-state index in [9.17, 15) is 0 Å². The van der Waals surface area contributed by atoms with E-state index in [4.69, 9.17) is 9.47 Å². The fourth-order valence-corrected chi connectivity index (χ4v) is 2.76. The van der Waals surface area contributed by atoms with E-state index < -0.39 is 0 Å². The standard InChI is InChI=1S/C17H32N6O2.HI/c1-5-18-17(19-9-6-10-25-13(2)3)20-14-7-8-16-21-15(12-24-4)22-23(16)11-14;/h13-14H,5-12H2,1-4H3,(H2,18,19,20);1H. The number of rotatable bonds is 9. The van der Waals surface area contributed by atoms with Crippen molar-refractivity contribution < 1.29 is 9.47 Å². The largest absolute Gasteiger partial charge is 0.379 e. The number of aromatic nitrogens is 3. The molecule has 8 nitrogen and oxygen atoms in total. The number of aliphatic imine (C=N–C) groups is 1. The molecule has 1 unspecified atom stereocenters. The van der Waals surface area contributed by atoms with Crippen molar-refractivity contribution in [3.05, 3.63) is 11.6 Å². The third-order valence-electron chi connectivity index (χ3n) is 3.88. The molecule has 0 fully saturated rings. The van der Waals surface area contributed by atoms with Gasteiger partial charge in [-0.05, 0) is 33.6 Å². The van der Waals surface area contributed by atoms with Crippen molar-refractivity contribution >= 4 is 29.9 Å². The molecule has 0 aromatic carbocycles. The average Bonchev–Trinajstić information content (AvgIpc) is 2.96. The fourth-order valence-electron chi connectivity index (χ4n) is 2.76. The minimum absolute atomic E-state index is 0. The summed E-state index contributed by atoms with van der Waals surface area (Å²) in [6.45, 7) is 9.77. The summed E-state index contributed by atoms with van der Waals surface area (Å²) in [4.78, 5) is 9.16. The van der Waals surface area contributed by atoms with Crippen LogP contribution in [0.2, 0.25) is 0 Å². The SMILES string of the molecule is CCNC(=NCCCOC(C)C)NC1CCc2nc(COC)nn2C1.I. The van der Waals surface area contributed by atoms with E-state index in [1.807, 2.05) is 4.68 Å². The number of halogens is 1. The molecule has 26 heavy (non-hydrogen) atoms. The first-order chi connectivity index (χ1) is 12.1. The first-order valence-corrected chi connectivity index (χ1v) is 9.20. The predicted octanol–water partition coefficient (Wildman–Crippen LogP) is 1.73. The molecule has 0 saturated carbocycles. The Hall–Kier alpha value is -0.940. The minimum atomic E-state index is 0. The number of methoxy groups -OCH3 is 1. The second-order valence-electron chi connectivity index (χ2n) is 6.47. The zero-order valence-electron chi connectivity index (χ0n) is 16.3. The van der Waals surface area contributed by atoms with Gasteiger partial charge in [-0.25, -0.2) is 9.67 Å². The van der Waals surface area contributed by atoms with Crippen LogP contribution in [-0.4, -0.2) is 59.7 Å². The van der Waals surface area contributed by atoms with E-state index in [1.54, 1.807) is 7.11 Å². The highest BCUT2D eigenvalue weighted by Gasteiger charge is 2.22. The zero-order valence-corrected chi connectivity index (χ0v) is 18.7. The number of fused-ring (bicyclic) bond motifs is 1. The lowest BCUT2D eigenvalue weighted by Gasteiger charge is -2.25. The molecule has 1 aliphatic heterocycles. The first-order valence-electron chi connectivity index (χ1n) is 9.20. The number of guanidine groups is 1. The maximum absolute atomic E-state index is 5.56. The maximum Gasteiger partial charge on any atom is 0.191 e. The lowest BCUT2D eigenvalue weighted by atomic mass is 10.1. The Morgan fingerprint density at radius 3 is 2.92 bits per heavy atom. The number of nitrogens with zero attached hydrogens (tertiary/aromatic N) is 4. The van der Waals surface area contributed by atoms with Gasteiger partial charge in [0.15, 0.2) is 11.8 Å². The third kappa shape index (κ3) is 7.75. The third-order valence-corrected chi connectivity index (χ3v) is 3.88. The van der Waals surface area contributed by atoms with Gasteiger partial charge in [0.1, 0.15) is 12.4 Å². The molecule has 9 heteroatoms. The Kier molecular flexibility index (Phi) is 11.1. The van der Waals surface area contributed by atoms with E-state index >= 15 is 0 Å². The Morgan fingerprint density at radius 1 is 1.42 bits per heavy atom. The molecule has 0 spiro atoms. The van der Waals surface area contributed by atoms with Crippen molar-refractivity contribution in [2.24, 2.45) is 4.99 Å². The highest BCUT2D eigenvalue weighted by Crippen LogP contribution is 2.13. The summed E-state index contributed by atoms with van der Waals surface area (Å²) >= 11 is 0. The summed E-state index contributed by atoms with van der Waals surface area (Å²) < 4.78 is 12.7. The van der Waals surface area contributed by atoms with Crippen LogP contribution in [-0.2, 0) is 29.0 Å². The Labute approximate surface area is 173 Å². The maximum atomic E-state index is 5.56. The number of aryl methyl sites for hydroxylation is 1. The normalized spacial score (nSPS) is 17.0. The monoisotopic (exact) mass is 480 g/mol. The van der Waals surface area contributed by atoms with Gasteiger partial charge in [-0.1, -0.05) is 0 Å². The van der Waals surface area contributed by atoms with Crippen LogP contribution in [0, 0.1) is 0 Å². The summed E-state index contributed by atoms with van der Waals surface area (Å²) in [6, 6.07) is 0.300. The Bertz CT molecular complexity index is 549. The van der Waals surface area contributed by atoms with E-state index in [2.05, 4.69) is 46.5 Å².